The van der Waals surface area contributed by atoms with E-state index in [0.29, 0.717) is 6.42 Å². The Balaban J connectivity index is 0.00000192. The molecule has 3 rings (SSSR count). The van der Waals surface area contributed by atoms with E-state index >= 15 is 0 Å². The number of benzene rings is 3. The predicted molar refractivity (Wildman–Crippen MR) is 96.2 cm³/mol. The molecule has 0 aliphatic carbocycles. The molecule has 0 bridgehead atoms. The number of nitriles is 1. The van der Waals surface area contributed by atoms with Crippen molar-refractivity contribution in [2.75, 3.05) is 0 Å². The van der Waals surface area contributed by atoms with Gasteiger partial charge < -0.3 is 0 Å². The van der Waals surface area contributed by atoms with Crippen molar-refractivity contribution in [3.05, 3.63) is 108 Å². The van der Waals surface area contributed by atoms with Crippen molar-refractivity contribution in [3.8, 4) is 6.07 Å². The molecule has 0 aromatic heterocycles. The van der Waals surface area contributed by atoms with Crippen LogP contribution >= 0.6 is 0 Å². The quantitative estimate of drug-likeness (QED) is 0.578. The van der Waals surface area contributed by atoms with Crippen molar-refractivity contribution in [2.45, 2.75) is 19.3 Å². The van der Waals surface area contributed by atoms with Crippen molar-refractivity contribution >= 4 is 0 Å². The Labute approximate surface area is 138 Å². The van der Waals surface area contributed by atoms with Crippen LogP contribution in [0.15, 0.2) is 91.0 Å². The molecular formula is C22H21N. The lowest BCUT2D eigenvalue weighted by Gasteiger charge is -2.33. The van der Waals surface area contributed by atoms with Crippen molar-refractivity contribution in [1.29, 1.82) is 5.26 Å². The second-order valence-corrected chi connectivity index (χ2v) is 5.34. The summed E-state index contributed by atoms with van der Waals surface area (Å²) < 4.78 is 0. The molecule has 23 heavy (non-hydrogen) atoms. The SMILES string of the molecule is C.N#CCC(c1ccccc1)(c1ccccc1)c1ccccc1. The van der Waals surface area contributed by atoms with Crippen LogP contribution < -0.4 is 0 Å². The minimum Gasteiger partial charge on any atom is -0.198 e. The second-order valence-electron chi connectivity index (χ2n) is 5.34. The first kappa shape index (κ1) is 16.5. The average molecular weight is 299 g/mol. The summed E-state index contributed by atoms with van der Waals surface area (Å²) in [7, 11) is 0. The second kappa shape index (κ2) is 7.42. The first-order valence-corrected chi connectivity index (χ1v) is 7.41. The molecule has 1 nitrogen and oxygen atoms in total. The van der Waals surface area contributed by atoms with Gasteiger partial charge in [0.05, 0.1) is 17.9 Å². The van der Waals surface area contributed by atoms with E-state index in [9.17, 15) is 5.26 Å². The largest absolute Gasteiger partial charge is 0.198 e. The molecule has 0 atom stereocenters. The Morgan fingerprint density at radius 1 is 0.609 bits per heavy atom. The third-order valence-electron chi connectivity index (χ3n) is 4.14. The third kappa shape index (κ3) is 3.03. The van der Waals surface area contributed by atoms with Crippen LogP contribution in [0.4, 0.5) is 0 Å². The van der Waals surface area contributed by atoms with Gasteiger partial charge in [-0.3, -0.25) is 0 Å². The molecule has 0 fully saturated rings. The Hall–Kier alpha value is -2.85. The lowest BCUT2D eigenvalue weighted by Crippen LogP contribution is -2.28. The van der Waals surface area contributed by atoms with Crippen molar-refractivity contribution in [1.82, 2.24) is 0 Å². The van der Waals surface area contributed by atoms with Gasteiger partial charge in [0.2, 0.25) is 0 Å². The summed E-state index contributed by atoms with van der Waals surface area (Å²) in [5, 5.41) is 9.54. The van der Waals surface area contributed by atoms with Crippen molar-refractivity contribution in [3.63, 3.8) is 0 Å². The van der Waals surface area contributed by atoms with Crippen LogP contribution in [0.5, 0.6) is 0 Å². The summed E-state index contributed by atoms with van der Waals surface area (Å²) in [4.78, 5) is 0. The monoisotopic (exact) mass is 299 g/mol. The highest BCUT2D eigenvalue weighted by molar-refractivity contribution is 5.51. The van der Waals surface area contributed by atoms with E-state index < -0.39 is 5.41 Å². The van der Waals surface area contributed by atoms with Gasteiger partial charge in [0.1, 0.15) is 0 Å². The fourth-order valence-electron chi connectivity index (χ4n) is 3.09. The van der Waals surface area contributed by atoms with Gasteiger partial charge in [-0.2, -0.15) is 5.26 Å². The number of rotatable bonds is 4. The molecule has 0 amide bonds. The molecule has 0 N–H and O–H groups in total. The molecule has 0 saturated heterocycles. The molecule has 0 aliphatic rings. The molecule has 0 saturated carbocycles. The number of hydrogen-bond acceptors (Lipinski definition) is 1. The topological polar surface area (TPSA) is 23.8 Å². The molecule has 0 spiro atoms. The van der Waals surface area contributed by atoms with Gasteiger partial charge in [0, 0.05) is 0 Å². The zero-order valence-corrected chi connectivity index (χ0v) is 12.3. The van der Waals surface area contributed by atoms with E-state index in [2.05, 4.69) is 42.5 Å². The fourth-order valence-corrected chi connectivity index (χ4v) is 3.09. The van der Waals surface area contributed by atoms with Crippen LogP contribution in [0.1, 0.15) is 30.5 Å². The van der Waals surface area contributed by atoms with E-state index in [4.69, 9.17) is 0 Å². The summed E-state index contributed by atoms with van der Waals surface area (Å²) in [6, 6.07) is 33.3. The summed E-state index contributed by atoms with van der Waals surface area (Å²) in [6.07, 6.45) is 0.408. The highest BCUT2D eigenvalue weighted by Gasteiger charge is 2.35. The molecule has 0 heterocycles. The molecular weight excluding hydrogens is 278 g/mol. The summed E-state index contributed by atoms with van der Waals surface area (Å²) in [5.41, 5.74) is 3.01. The van der Waals surface area contributed by atoms with Crippen molar-refractivity contribution in [2.24, 2.45) is 0 Å². The summed E-state index contributed by atoms with van der Waals surface area (Å²) >= 11 is 0. The maximum atomic E-state index is 9.54. The van der Waals surface area contributed by atoms with Crippen LogP contribution in [0.25, 0.3) is 0 Å². The highest BCUT2D eigenvalue weighted by Crippen LogP contribution is 2.41. The molecule has 0 unspecified atom stereocenters. The Morgan fingerprint density at radius 2 is 0.913 bits per heavy atom. The van der Waals surface area contributed by atoms with Gasteiger partial charge >= 0.3 is 0 Å². The van der Waals surface area contributed by atoms with Gasteiger partial charge in [0.25, 0.3) is 0 Å². The van der Waals surface area contributed by atoms with Crippen LogP contribution in [0.3, 0.4) is 0 Å². The van der Waals surface area contributed by atoms with Gasteiger partial charge in [-0.05, 0) is 16.7 Å². The minimum absolute atomic E-state index is 0. The summed E-state index contributed by atoms with van der Waals surface area (Å²) in [6.45, 7) is 0. The van der Waals surface area contributed by atoms with Gasteiger partial charge in [-0.1, -0.05) is 98.4 Å². The van der Waals surface area contributed by atoms with E-state index in [0.717, 1.165) is 16.7 Å². The van der Waals surface area contributed by atoms with Crippen molar-refractivity contribution < 1.29 is 0 Å². The van der Waals surface area contributed by atoms with Gasteiger partial charge in [-0.15, -0.1) is 0 Å². The average Bonchev–Trinajstić information content (AvgIpc) is 2.62. The Morgan fingerprint density at radius 3 is 1.17 bits per heavy atom. The first-order valence-electron chi connectivity index (χ1n) is 7.41. The van der Waals surface area contributed by atoms with Crippen LogP contribution in [0, 0.1) is 11.3 Å². The minimum atomic E-state index is -0.432. The maximum absolute atomic E-state index is 9.54. The molecule has 114 valence electrons. The van der Waals surface area contributed by atoms with Crippen LogP contribution in [0.2, 0.25) is 0 Å². The fraction of sp³-hybridized carbons (Fsp3) is 0.136. The van der Waals surface area contributed by atoms with E-state index in [-0.39, 0.29) is 7.43 Å². The third-order valence-corrected chi connectivity index (χ3v) is 4.14. The molecule has 3 aromatic carbocycles. The van der Waals surface area contributed by atoms with E-state index in [1.807, 2.05) is 54.6 Å². The molecule has 3 aromatic rings. The van der Waals surface area contributed by atoms with Gasteiger partial charge in [-0.25, -0.2) is 0 Å². The van der Waals surface area contributed by atoms with E-state index in [1.54, 1.807) is 0 Å². The highest BCUT2D eigenvalue weighted by atomic mass is 14.4. The van der Waals surface area contributed by atoms with E-state index in [1.165, 1.54) is 0 Å². The number of hydrogen-bond donors (Lipinski definition) is 0. The number of nitrogens with zero attached hydrogens (tertiary/aromatic N) is 1. The zero-order chi connectivity index (χ0) is 15.3. The molecule has 1 heteroatoms. The lowest BCUT2D eigenvalue weighted by atomic mass is 9.67. The Bertz CT molecular complexity index is 659. The standard InChI is InChI=1S/C21H17N.CH4/c22-17-16-21(18-10-4-1-5-11-18,19-12-6-2-7-13-19)20-14-8-3-9-15-20;/h1-15H,16H2;1H4. The predicted octanol–water partition coefficient (Wildman–Crippen LogP) is 5.57. The molecule has 0 aliphatic heterocycles. The van der Waals surface area contributed by atoms with Gasteiger partial charge in [0.15, 0.2) is 0 Å². The zero-order valence-electron chi connectivity index (χ0n) is 12.3. The first-order chi connectivity index (χ1) is 10.9. The Kier molecular flexibility index (Phi) is 5.33. The maximum Gasteiger partial charge on any atom is 0.0638 e. The lowest BCUT2D eigenvalue weighted by molar-refractivity contribution is 0.634. The normalized spacial score (nSPS) is 10.4. The molecule has 0 radical (unpaired) electrons. The smallest absolute Gasteiger partial charge is 0.0638 e. The van der Waals surface area contributed by atoms with Crippen LogP contribution in [-0.4, -0.2) is 0 Å². The van der Waals surface area contributed by atoms with Crippen LogP contribution in [-0.2, 0) is 5.41 Å². The summed E-state index contributed by atoms with van der Waals surface area (Å²) in [5.74, 6) is 0.